The largest absolute Gasteiger partial charge is 0.445 e. The molecule has 0 aliphatic carbocycles. The molecule has 1 atom stereocenters. The standard InChI is InChI=1S/C11H11NO3S/c1-7-5-9(16(13)14)6-8(2)10(7)11-12-3-4-15-11/h3-6H,1-2H3,(H,13,14). The number of hydrogen-bond donors (Lipinski definition) is 1. The van der Waals surface area contributed by atoms with Crippen LogP contribution in [0, 0.1) is 13.8 Å². The molecule has 0 saturated carbocycles. The summed E-state index contributed by atoms with van der Waals surface area (Å²) in [7, 11) is 0. The van der Waals surface area contributed by atoms with E-state index in [1.165, 1.54) is 6.26 Å². The Morgan fingerprint density at radius 2 is 1.94 bits per heavy atom. The number of benzene rings is 1. The molecule has 0 amide bonds. The first-order chi connectivity index (χ1) is 7.59. The zero-order valence-electron chi connectivity index (χ0n) is 8.93. The van der Waals surface area contributed by atoms with Crippen LogP contribution in [0.15, 0.2) is 33.9 Å². The van der Waals surface area contributed by atoms with Gasteiger partial charge in [-0.05, 0) is 37.1 Å². The third kappa shape index (κ3) is 1.91. The van der Waals surface area contributed by atoms with E-state index in [2.05, 4.69) is 4.98 Å². The van der Waals surface area contributed by atoms with Crippen LogP contribution >= 0.6 is 0 Å². The lowest BCUT2D eigenvalue weighted by Gasteiger charge is -2.07. The van der Waals surface area contributed by atoms with Crippen molar-refractivity contribution in [1.82, 2.24) is 4.98 Å². The van der Waals surface area contributed by atoms with Crippen molar-refractivity contribution < 1.29 is 13.2 Å². The van der Waals surface area contributed by atoms with Crippen molar-refractivity contribution in [2.75, 3.05) is 0 Å². The fourth-order valence-corrected chi connectivity index (χ4v) is 2.26. The van der Waals surface area contributed by atoms with Crippen LogP contribution in [-0.4, -0.2) is 13.7 Å². The molecule has 2 aromatic rings. The van der Waals surface area contributed by atoms with E-state index in [0.29, 0.717) is 10.8 Å². The van der Waals surface area contributed by atoms with Gasteiger partial charge in [-0.2, -0.15) is 0 Å². The lowest BCUT2D eigenvalue weighted by Crippen LogP contribution is -1.94. The summed E-state index contributed by atoms with van der Waals surface area (Å²) in [4.78, 5) is 4.47. The maximum Gasteiger partial charge on any atom is 0.226 e. The van der Waals surface area contributed by atoms with Gasteiger partial charge in [-0.3, -0.25) is 0 Å². The molecule has 1 heterocycles. The zero-order chi connectivity index (χ0) is 11.7. The average Bonchev–Trinajstić information content (AvgIpc) is 2.69. The molecule has 5 heteroatoms. The zero-order valence-corrected chi connectivity index (χ0v) is 9.75. The van der Waals surface area contributed by atoms with Crippen LogP contribution in [0.2, 0.25) is 0 Å². The van der Waals surface area contributed by atoms with Gasteiger partial charge in [-0.25, -0.2) is 9.19 Å². The van der Waals surface area contributed by atoms with Crippen molar-refractivity contribution in [2.24, 2.45) is 0 Å². The Balaban J connectivity index is 2.61. The van der Waals surface area contributed by atoms with Gasteiger partial charge in [0.05, 0.1) is 11.1 Å². The Labute approximate surface area is 95.6 Å². The van der Waals surface area contributed by atoms with Crippen LogP contribution in [0.3, 0.4) is 0 Å². The molecule has 84 valence electrons. The summed E-state index contributed by atoms with van der Waals surface area (Å²) in [5, 5.41) is 0. The van der Waals surface area contributed by atoms with Crippen molar-refractivity contribution in [2.45, 2.75) is 18.7 Å². The second-order valence-electron chi connectivity index (χ2n) is 3.52. The van der Waals surface area contributed by atoms with E-state index < -0.39 is 11.1 Å². The van der Waals surface area contributed by atoms with Crippen LogP contribution in [0.5, 0.6) is 0 Å². The number of aryl methyl sites for hydroxylation is 2. The quantitative estimate of drug-likeness (QED) is 0.815. The summed E-state index contributed by atoms with van der Waals surface area (Å²) in [6, 6.07) is 3.34. The van der Waals surface area contributed by atoms with Crippen LogP contribution in [0.25, 0.3) is 11.5 Å². The lowest BCUT2D eigenvalue weighted by atomic mass is 10.0. The van der Waals surface area contributed by atoms with Gasteiger partial charge in [0, 0.05) is 5.56 Å². The van der Waals surface area contributed by atoms with Gasteiger partial charge in [0.15, 0.2) is 11.1 Å². The van der Waals surface area contributed by atoms with E-state index in [4.69, 9.17) is 8.97 Å². The molecular weight excluding hydrogens is 226 g/mol. The average molecular weight is 237 g/mol. The molecule has 1 aromatic carbocycles. The molecule has 16 heavy (non-hydrogen) atoms. The first-order valence-corrected chi connectivity index (χ1v) is 5.82. The second kappa shape index (κ2) is 4.19. The van der Waals surface area contributed by atoms with Crippen LogP contribution < -0.4 is 0 Å². The fourth-order valence-electron chi connectivity index (χ4n) is 1.71. The summed E-state index contributed by atoms with van der Waals surface area (Å²) in [6.07, 6.45) is 3.08. The molecule has 0 aliphatic heterocycles. The van der Waals surface area contributed by atoms with Crippen molar-refractivity contribution in [1.29, 1.82) is 0 Å². The maximum absolute atomic E-state index is 11.0. The monoisotopic (exact) mass is 237 g/mol. The number of oxazole rings is 1. The normalized spacial score (nSPS) is 12.7. The van der Waals surface area contributed by atoms with Crippen molar-refractivity contribution in [3.63, 3.8) is 0 Å². The van der Waals surface area contributed by atoms with Crippen LogP contribution in [0.4, 0.5) is 0 Å². The van der Waals surface area contributed by atoms with E-state index in [0.717, 1.165) is 16.7 Å². The molecule has 0 aliphatic rings. The second-order valence-corrected chi connectivity index (χ2v) is 4.49. The predicted molar refractivity (Wildman–Crippen MR) is 60.5 cm³/mol. The smallest absolute Gasteiger partial charge is 0.226 e. The van der Waals surface area contributed by atoms with E-state index in [1.54, 1.807) is 18.3 Å². The Morgan fingerprint density at radius 1 is 1.31 bits per heavy atom. The van der Waals surface area contributed by atoms with Crippen molar-refractivity contribution in [3.05, 3.63) is 35.7 Å². The molecule has 0 radical (unpaired) electrons. The van der Waals surface area contributed by atoms with Gasteiger partial charge in [0.25, 0.3) is 0 Å². The molecule has 1 N–H and O–H groups in total. The Morgan fingerprint density at radius 3 is 2.38 bits per heavy atom. The van der Waals surface area contributed by atoms with Crippen LogP contribution in [0.1, 0.15) is 11.1 Å². The Bertz CT molecular complexity index is 511. The Hall–Kier alpha value is -1.46. The highest BCUT2D eigenvalue weighted by atomic mass is 32.2. The summed E-state index contributed by atoms with van der Waals surface area (Å²) >= 11 is -1.96. The Kier molecular flexibility index (Phi) is 2.89. The summed E-state index contributed by atoms with van der Waals surface area (Å²) < 4.78 is 25.2. The van der Waals surface area contributed by atoms with Crippen LogP contribution in [-0.2, 0) is 11.1 Å². The minimum absolute atomic E-state index is 0.394. The number of hydrogen-bond acceptors (Lipinski definition) is 3. The third-order valence-electron chi connectivity index (χ3n) is 2.35. The van der Waals surface area contributed by atoms with Crippen molar-refractivity contribution >= 4 is 11.1 Å². The molecule has 2 rings (SSSR count). The van der Waals surface area contributed by atoms with Gasteiger partial charge in [-0.15, -0.1) is 0 Å². The maximum atomic E-state index is 11.0. The molecule has 0 spiro atoms. The summed E-state index contributed by atoms with van der Waals surface area (Å²) in [5.41, 5.74) is 2.62. The molecular formula is C11H11NO3S. The van der Waals surface area contributed by atoms with E-state index in [1.807, 2.05) is 13.8 Å². The van der Waals surface area contributed by atoms with Gasteiger partial charge in [-0.1, -0.05) is 0 Å². The topological polar surface area (TPSA) is 63.3 Å². The summed E-state index contributed by atoms with van der Waals surface area (Å²) in [6.45, 7) is 3.73. The third-order valence-corrected chi connectivity index (χ3v) is 2.99. The first kappa shape index (κ1) is 11.0. The first-order valence-electron chi connectivity index (χ1n) is 4.71. The minimum atomic E-state index is -1.96. The van der Waals surface area contributed by atoms with E-state index >= 15 is 0 Å². The molecule has 1 unspecified atom stereocenters. The highest BCUT2D eigenvalue weighted by Crippen LogP contribution is 2.27. The minimum Gasteiger partial charge on any atom is -0.445 e. The summed E-state index contributed by atoms with van der Waals surface area (Å²) in [5.74, 6) is 0.533. The van der Waals surface area contributed by atoms with Gasteiger partial charge >= 0.3 is 0 Å². The highest BCUT2D eigenvalue weighted by molar-refractivity contribution is 7.79. The van der Waals surface area contributed by atoms with Gasteiger partial charge in [0.2, 0.25) is 5.89 Å². The number of rotatable bonds is 2. The van der Waals surface area contributed by atoms with Gasteiger partial charge in [0.1, 0.15) is 6.26 Å². The molecule has 4 nitrogen and oxygen atoms in total. The molecule has 0 fully saturated rings. The predicted octanol–water partition coefficient (Wildman–Crippen LogP) is 2.54. The molecule has 1 aromatic heterocycles. The number of aromatic nitrogens is 1. The number of nitrogens with zero attached hydrogens (tertiary/aromatic N) is 1. The molecule has 0 saturated heterocycles. The lowest BCUT2D eigenvalue weighted by molar-refractivity contribution is 0.563. The van der Waals surface area contributed by atoms with Crippen molar-refractivity contribution in [3.8, 4) is 11.5 Å². The van der Waals surface area contributed by atoms with E-state index in [9.17, 15) is 4.21 Å². The van der Waals surface area contributed by atoms with E-state index in [-0.39, 0.29) is 0 Å². The highest BCUT2D eigenvalue weighted by Gasteiger charge is 2.12. The molecule has 0 bridgehead atoms. The van der Waals surface area contributed by atoms with Gasteiger partial charge < -0.3 is 8.97 Å². The fraction of sp³-hybridized carbons (Fsp3) is 0.182. The SMILES string of the molecule is Cc1cc(S(=O)O)cc(C)c1-c1ncco1.